The molecule has 0 saturated carbocycles. The van der Waals surface area contributed by atoms with Crippen molar-refractivity contribution in [1.82, 2.24) is 8.61 Å². The quantitative estimate of drug-likeness (QED) is 0.846. The van der Waals surface area contributed by atoms with Gasteiger partial charge in [0.05, 0.1) is 25.0 Å². The van der Waals surface area contributed by atoms with Crippen LogP contribution in [-0.2, 0) is 14.9 Å². The molecule has 3 heterocycles. The molecule has 0 spiro atoms. The summed E-state index contributed by atoms with van der Waals surface area (Å²) in [5.41, 5.74) is 0. The molecule has 0 bridgehead atoms. The maximum Gasteiger partial charge on any atom is 0.282 e. The van der Waals surface area contributed by atoms with Crippen LogP contribution in [0.15, 0.2) is 22.8 Å². The first-order valence-electron chi connectivity index (χ1n) is 7.01. The van der Waals surface area contributed by atoms with Gasteiger partial charge in [0, 0.05) is 19.6 Å². The maximum atomic E-state index is 12.8. The summed E-state index contributed by atoms with van der Waals surface area (Å²) in [6, 6.07) is 3.48. The number of nitrogens with zero attached hydrogens (tertiary/aromatic N) is 2. The van der Waals surface area contributed by atoms with Crippen molar-refractivity contribution in [1.29, 1.82) is 0 Å². The van der Waals surface area contributed by atoms with E-state index in [1.165, 1.54) is 4.31 Å². The third-order valence-electron chi connectivity index (χ3n) is 3.90. The van der Waals surface area contributed by atoms with Crippen LogP contribution in [0.25, 0.3) is 0 Å². The van der Waals surface area contributed by atoms with Gasteiger partial charge in [-0.1, -0.05) is 0 Å². The Bertz CT molecular complexity index is 543. The first kappa shape index (κ1) is 14.1. The van der Waals surface area contributed by atoms with Crippen molar-refractivity contribution < 1.29 is 17.6 Å². The van der Waals surface area contributed by atoms with E-state index in [1.54, 1.807) is 16.6 Å². The number of furan rings is 1. The summed E-state index contributed by atoms with van der Waals surface area (Å²) in [4.78, 5) is 0. The molecule has 1 aromatic heterocycles. The summed E-state index contributed by atoms with van der Waals surface area (Å²) in [5, 5.41) is 0. The summed E-state index contributed by atoms with van der Waals surface area (Å²) in [6.07, 6.45) is 3.22. The van der Waals surface area contributed by atoms with Crippen LogP contribution in [0, 0.1) is 0 Å². The fourth-order valence-corrected chi connectivity index (χ4v) is 4.82. The van der Waals surface area contributed by atoms with Gasteiger partial charge in [0.2, 0.25) is 0 Å². The van der Waals surface area contributed by atoms with Crippen LogP contribution in [0.4, 0.5) is 0 Å². The molecule has 7 heteroatoms. The number of rotatable bonds is 3. The van der Waals surface area contributed by atoms with E-state index >= 15 is 0 Å². The third-order valence-corrected chi connectivity index (χ3v) is 5.92. The summed E-state index contributed by atoms with van der Waals surface area (Å²) >= 11 is 0. The molecule has 0 unspecified atom stereocenters. The Labute approximate surface area is 119 Å². The molecule has 0 N–H and O–H groups in total. The van der Waals surface area contributed by atoms with Crippen molar-refractivity contribution in [3.63, 3.8) is 0 Å². The van der Waals surface area contributed by atoms with E-state index in [0.717, 1.165) is 18.6 Å². The molecule has 2 fully saturated rings. The zero-order valence-corrected chi connectivity index (χ0v) is 12.4. The van der Waals surface area contributed by atoms with Gasteiger partial charge in [0.25, 0.3) is 10.2 Å². The second kappa shape index (κ2) is 5.48. The van der Waals surface area contributed by atoms with E-state index in [0.29, 0.717) is 26.2 Å². The van der Waals surface area contributed by atoms with E-state index < -0.39 is 10.2 Å². The minimum Gasteiger partial charge on any atom is -0.468 e. The molecule has 0 radical (unpaired) electrons. The van der Waals surface area contributed by atoms with Crippen LogP contribution < -0.4 is 0 Å². The van der Waals surface area contributed by atoms with E-state index in [2.05, 4.69) is 0 Å². The molecule has 0 aromatic carbocycles. The van der Waals surface area contributed by atoms with Crippen LogP contribution >= 0.6 is 0 Å². The Balaban J connectivity index is 1.83. The van der Waals surface area contributed by atoms with E-state index in [4.69, 9.17) is 9.15 Å². The first-order chi connectivity index (χ1) is 9.59. The lowest BCUT2D eigenvalue weighted by Gasteiger charge is -2.34. The fourth-order valence-electron chi connectivity index (χ4n) is 2.93. The summed E-state index contributed by atoms with van der Waals surface area (Å²) < 4.78 is 39.5. The SMILES string of the molecule is C[C@H]1CN(S(=O)(=O)N2CCC[C@H]2c2ccco2)CCO1. The van der Waals surface area contributed by atoms with Crippen molar-refractivity contribution in [2.24, 2.45) is 0 Å². The minimum atomic E-state index is -3.44. The highest BCUT2D eigenvalue weighted by atomic mass is 32.2. The third kappa shape index (κ3) is 2.50. The smallest absolute Gasteiger partial charge is 0.282 e. The van der Waals surface area contributed by atoms with Crippen molar-refractivity contribution in [2.45, 2.75) is 31.9 Å². The minimum absolute atomic E-state index is 0.0526. The van der Waals surface area contributed by atoms with Crippen molar-refractivity contribution >= 4 is 10.2 Å². The lowest BCUT2D eigenvalue weighted by Crippen LogP contribution is -2.50. The number of hydrogen-bond donors (Lipinski definition) is 0. The van der Waals surface area contributed by atoms with Crippen LogP contribution in [0.1, 0.15) is 31.6 Å². The van der Waals surface area contributed by atoms with Crippen LogP contribution in [0.5, 0.6) is 0 Å². The summed E-state index contributed by atoms with van der Waals surface area (Å²) in [5.74, 6) is 0.729. The summed E-state index contributed by atoms with van der Waals surface area (Å²) in [6.45, 7) is 3.76. The Morgan fingerprint density at radius 1 is 1.35 bits per heavy atom. The normalized spacial score (nSPS) is 29.9. The molecule has 0 amide bonds. The van der Waals surface area contributed by atoms with Gasteiger partial charge in [-0.3, -0.25) is 0 Å². The molecule has 2 atom stereocenters. The molecule has 20 heavy (non-hydrogen) atoms. The molecule has 2 aliphatic heterocycles. The molecule has 112 valence electrons. The molecule has 2 aliphatic rings. The molecule has 0 aliphatic carbocycles. The van der Waals surface area contributed by atoms with Gasteiger partial charge >= 0.3 is 0 Å². The van der Waals surface area contributed by atoms with Crippen molar-refractivity contribution in [3.8, 4) is 0 Å². The first-order valence-corrected chi connectivity index (χ1v) is 8.40. The highest BCUT2D eigenvalue weighted by molar-refractivity contribution is 7.86. The Morgan fingerprint density at radius 2 is 2.20 bits per heavy atom. The Morgan fingerprint density at radius 3 is 2.90 bits per heavy atom. The molecule has 6 nitrogen and oxygen atoms in total. The number of hydrogen-bond acceptors (Lipinski definition) is 4. The average molecular weight is 300 g/mol. The van der Waals surface area contributed by atoms with E-state index in [-0.39, 0.29) is 12.1 Å². The lowest BCUT2D eigenvalue weighted by molar-refractivity contribution is 0.00802. The molecule has 3 rings (SSSR count). The van der Waals surface area contributed by atoms with Gasteiger partial charge in [-0.15, -0.1) is 0 Å². The zero-order chi connectivity index (χ0) is 14.2. The van der Waals surface area contributed by atoms with Gasteiger partial charge in [-0.05, 0) is 31.9 Å². The van der Waals surface area contributed by atoms with Gasteiger partial charge in [-0.25, -0.2) is 0 Å². The van der Waals surface area contributed by atoms with Gasteiger partial charge in [0.1, 0.15) is 5.76 Å². The average Bonchev–Trinajstić information content (AvgIpc) is 3.09. The fraction of sp³-hybridized carbons (Fsp3) is 0.692. The zero-order valence-electron chi connectivity index (χ0n) is 11.6. The van der Waals surface area contributed by atoms with Gasteiger partial charge < -0.3 is 9.15 Å². The van der Waals surface area contributed by atoms with Gasteiger partial charge in [-0.2, -0.15) is 17.0 Å². The van der Waals surface area contributed by atoms with Crippen LogP contribution in [0.2, 0.25) is 0 Å². The summed E-state index contributed by atoms with van der Waals surface area (Å²) in [7, 11) is -3.44. The standard InChI is InChI=1S/C13H20N2O4S/c1-11-10-14(7-9-18-11)20(16,17)15-6-2-4-12(15)13-5-3-8-19-13/h3,5,8,11-12H,2,4,6-7,9-10H2,1H3/t11-,12-/m0/s1. The van der Waals surface area contributed by atoms with Crippen LogP contribution in [0.3, 0.4) is 0 Å². The van der Waals surface area contributed by atoms with Crippen LogP contribution in [-0.4, -0.2) is 49.4 Å². The van der Waals surface area contributed by atoms with Gasteiger partial charge in [0.15, 0.2) is 0 Å². The lowest BCUT2D eigenvalue weighted by atomic mass is 10.2. The Kier molecular flexibility index (Phi) is 3.85. The highest BCUT2D eigenvalue weighted by Crippen LogP contribution is 2.35. The molecular weight excluding hydrogens is 280 g/mol. The van der Waals surface area contributed by atoms with Crippen molar-refractivity contribution in [2.75, 3.05) is 26.2 Å². The largest absolute Gasteiger partial charge is 0.468 e. The predicted molar refractivity (Wildman–Crippen MR) is 73.3 cm³/mol. The molecular formula is C13H20N2O4S. The maximum absolute atomic E-state index is 12.8. The molecule has 2 saturated heterocycles. The van der Waals surface area contributed by atoms with E-state index in [9.17, 15) is 8.42 Å². The Hall–Kier alpha value is -0.890. The van der Waals surface area contributed by atoms with Crippen molar-refractivity contribution in [3.05, 3.63) is 24.2 Å². The number of morpholine rings is 1. The van der Waals surface area contributed by atoms with E-state index in [1.807, 2.05) is 13.0 Å². The predicted octanol–water partition coefficient (Wildman–Crippen LogP) is 1.38. The molecule has 1 aromatic rings. The number of ether oxygens (including phenoxy) is 1. The second-order valence-corrected chi connectivity index (χ2v) is 7.21. The second-order valence-electron chi connectivity index (χ2n) is 5.33. The topological polar surface area (TPSA) is 63.0 Å². The highest BCUT2D eigenvalue weighted by Gasteiger charge is 2.41. The monoisotopic (exact) mass is 300 g/mol.